The number of nitrogens with one attached hydrogen (secondary N) is 2. The first-order valence-corrected chi connectivity index (χ1v) is 10.1. The Balaban J connectivity index is 1.41. The second-order valence-electron chi connectivity index (χ2n) is 6.59. The van der Waals surface area contributed by atoms with Crippen LogP contribution in [0, 0.1) is 6.92 Å². The molecule has 2 N–H and O–H groups in total. The number of ether oxygens (including phenoxy) is 1. The number of thiazole rings is 1. The van der Waals surface area contributed by atoms with Crippen molar-refractivity contribution in [1.82, 2.24) is 24.9 Å². The van der Waals surface area contributed by atoms with Gasteiger partial charge in [0.2, 0.25) is 5.95 Å². The lowest BCUT2D eigenvalue weighted by atomic mass is 10.2. The molecule has 3 heterocycles. The molecule has 0 amide bonds. The maximum absolute atomic E-state index is 6.07. The predicted molar refractivity (Wildman–Crippen MR) is 119 cm³/mol. The number of hydrogen-bond donors (Lipinski definition) is 2. The summed E-state index contributed by atoms with van der Waals surface area (Å²) in [4.78, 5) is 21.6. The van der Waals surface area contributed by atoms with E-state index in [-0.39, 0.29) is 0 Å². The van der Waals surface area contributed by atoms with Crippen molar-refractivity contribution in [3.05, 3.63) is 60.0 Å². The average Bonchev–Trinajstić information content (AvgIpc) is 3.23. The molecule has 2 aromatic carbocycles. The van der Waals surface area contributed by atoms with Gasteiger partial charge in [-0.05, 0) is 42.8 Å². The van der Waals surface area contributed by atoms with Crippen molar-refractivity contribution in [2.24, 2.45) is 0 Å². The quantitative estimate of drug-likeness (QED) is 0.418. The summed E-state index contributed by atoms with van der Waals surface area (Å²) in [6, 6.07) is 11.8. The van der Waals surface area contributed by atoms with Gasteiger partial charge in [-0.15, -0.1) is 11.3 Å². The fraction of sp³-hybridized carbons (Fsp3) is 0.0952. The summed E-state index contributed by atoms with van der Waals surface area (Å²) in [6.07, 6.45) is 3.16. The van der Waals surface area contributed by atoms with Gasteiger partial charge in [0.1, 0.15) is 28.9 Å². The molecule has 0 bridgehead atoms. The third-order valence-electron chi connectivity index (χ3n) is 4.57. The van der Waals surface area contributed by atoms with Gasteiger partial charge in [0.15, 0.2) is 5.82 Å². The molecule has 0 unspecified atom stereocenters. The highest BCUT2D eigenvalue weighted by atomic mass is 32.1. The van der Waals surface area contributed by atoms with Crippen molar-refractivity contribution in [2.45, 2.75) is 6.92 Å². The van der Waals surface area contributed by atoms with E-state index in [9.17, 15) is 0 Å². The van der Waals surface area contributed by atoms with Gasteiger partial charge in [0.25, 0.3) is 0 Å². The lowest BCUT2D eigenvalue weighted by Crippen LogP contribution is -2.01. The van der Waals surface area contributed by atoms with Crippen LogP contribution in [0.2, 0.25) is 0 Å². The Morgan fingerprint density at radius 1 is 0.967 bits per heavy atom. The number of aryl methyl sites for hydroxylation is 1. The van der Waals surface area contributed by atoms with Crippen molar-refractivity contribution < 1.29 is 4.74 Å². The molecular formula is C21H17N7OS. The first-order valence-electron chi connectivity index (χ1n) is 9.24. The Labute approximate surface area is 176 Å². The van der Waals surface area contributed by atoms with Crippen molar-refractivity contribution in [3.8, 4) is 11.5 Å². The van der Waals surface area contributed by atoms with Crippen molar-refractivity contribution >= 4 is 50.0 Å². The van der Waals surface area contributed by atoms with Gasteiger partial charge in [-0.1, -0.05) is 0 Å². The topological polar surface area (TPSA) is 97.7 Å². The Kier molecular flexibility index (Phi) is 4.56. The molecule has 5 aromatic rings. The summed E-state index contributed by atoms with van der Waals surface area (Å²) >= 11 is 1.61. The minimum Gasteiger partial charge on any atom is -0.457 e. The Morgan fingerprint density at radius 2 is 1.90 bits per heavy atom. The molecule has 0 fully saturated rings. The van der Waals surface area contributed by atoms with Gasteiger partial charge in [0.05, 0.1) is 21.9 Å². The fourth-order valence-electron chi connectivity index (χ4n) is 3.07. The van der Waals surface area contributed by atoms with E-state index in [0.717, 1.165) is 33.0 Å². The van der Waals surface area contributed by atoms with Crippen LogP contribution in [0.4, 0.5) is 17.5 Å². The van der Waals surface area contributed by atoms with Crippen LogP contribution in [-0.2, 0) is 0 Å². The molecule has 9 heteroatoms. The molecule has 8 nitrogen and oxygen atoms in total. The standard InChI is InChI=1S/C21H17N7OS/c1-12-7-13(27-20-19-16(24-10-25-20)9-23-21(22-2)28-19)3-5-17(12)29-14-4-6-18-15(8-14)26-11-30-18/h3-11H,1-2H3,(H,22,23,28)(H,24,25,27). The molecular weight excluding hydrogens is 398 g/mol. The molecule has 0 saturated carbocycles. The molecule has 0 radical (unpaired) electrons. The van der Waals surface area contributed by atoms with E-state index < -0.39 is 0 Å². The van der Waals surface area contributed by atoms with Gasteiger partial charge < -0.3 is 15.4 Å². The number of fused-ring (bicyclic) bond motifs is 2. The van der Waals surface area contributed by atoms with Crippen molar-refractivity contribution in [2.75, 3.05) is 17.7 Å². The number of anilines is 3. The smallest absolute Gasteiger partial charge is 0.223 e. The summed E-state index contributed by atoms with van der Waals surface area (Å²) in [5.74, 6) is 2.66. The number of rotatable bonds is 5. The summed E-state index contributed by atoms with van der Waals surface area (Å²) in [5.41, 5.74) is 5.95. The van der Waals surface area contributed by atoms with Gasteiger partial charge in [-0.3, -0.25) is 0 Å². The maximum atomic E-state index is 6.07. The lowest BCUT2D eigenvalue weighted by Gasteiger charge is -2.12. The van der Waals surface area contributed by atoms with Crippen molar-refractivity contribution in [3.63, 3.8) is 0 Å². The van der Waals surface area contributed by atoms with E-state index >= 15 is 0 Å². The molecule has 148 valence electrons. The van der Waals surface area contributed by atoms with Crippen LogP contribution in [0.1, 0.15) is 5.56 Å². The van der Waals surface area contributed by atoms with E-state index in [0.29, 0.717) is 22.8 Å². The normalized spacial score (nSPS) is 11.0. The molecule has 0 aliphatic carbocycles. The minimum atomic E-state index is 0.511. The van der Waals surface area contributed by atoms with Crippen molar-refractivity contribution in [1.29, 1.82) is 0 Å². The Hall–Kier alpha value is -3.85. The van der Waals surface area contributed by atoms with Gasteiger partial charge >= 0.3 is 0 Å². The number of hydrogen-bond acceptors (Lipinski definition) is 9. The van der Waals surface area contributed by atoms with Crippen LogP contribution in [-0.4, -0.2) is 32.0 Å². The third-order valence-corrected chi connectivity index (χ3v) is 5.38. The number of aromatic nitrogens is 5. The largest absolute Gasteiger partial charge is 0.457 e. The van der Waals surface area contributed by atoms with Crippen LogP contribution in [0.15, 0.2) is 54.4 Å². The van der Waals surface area contributed by atoms with E-state index in [1.807, 2.05) is 48.8 Å². The van der Waals surface area contributed by atoms with Gasteiger partial charge in [-0.25, -0.2) is 24.9 Å². The molecule has 5 rings (SSSR count). The zero-order chi connectivity index (χ0) is 20.5. The zero-order valence-electron chi connectivity index (χ0n) is 16.2. The Morgan fingerprint density at radius 3 is 2.77 bits per heavy atom. The maximum Gasteiger partial charge on any atom is 0.223 e. The Bertz CT molecular complexity index is 1370. The van der Waals surface area contributed by atoms with E-state index in [1.165, 1.54) is 6.33 Å². The summed E-state index contributed by atoms with van der Waals surface area (Å²) in [6.45, 7) is 2.00. The second-order valence-corrected chi connectivity index (χ2v) is 7.48. The average molecular weight is 415 g/mol. The first kappa shape index (κ1) is 18.2. The van der Waals surface area contributed by atoms with Crippen LogP contribution in [0.25, 0.3) is 21.3 Å². The minimum absolute atomic E-state index is 0.511. The van der Waals surface area contributed by atoms with Crippen LogP contribution >= 0.6 is 11.3 Å². The van der Waals surface area contributed by atoms with Crippen LogP contribution < -0.4 is 15.4 Å². The van der Waals surface area contributed by atoms with Gasteiger partial charge in [-0.2, -0.15) is 0 Å². The molecule has 0 aliphatic heterocycles. The first-order chi connectivity index (χ1) is 14.7. The van der Waals surface area contributed by atoms with Gasteiger partial charge in [0, 0.05) is 18.8 Å². The highest BCUT2D eigenvalue weighted by Gasteiger charge is 2.10. The third kappa shape index (κ3) is 3.46. The highest BCUT2D eigenvalue weighted by Crippen LogP contribution is 2.31. The van der Waals surface area contributed by atoms with Crippen LogP contribution in [0.5, 0.6) is 11.5 Å². The molecule has 3 aromatic heterocycles. The fourth-order valence-corrected chi connectivity index (χ4v) is 3.73. The molecule has 0 aliphatic rings. The summed E-state index contributed by atoms with van der Waals surface area (Å²) < 4.78 is 7.21. The summed E-state index contributed by atoms with van der Waals surface area (Å²) in [5, 5.41) is 6.25. The zero-order valence-corrected chi connectivity index (χ0v) is 17.1. The SMILES string of the molecule is CNc1ncc2ncnc(Nc3ccc(Oc4ccc5scnc5c4)c(C)c3)c2n1. The molecule has 0 atom stereocenters. The van der Waals surface area contributed by atoms with E-state index in [2.05, 4.69) is 35.6 Å². The predicted octanol–water partition coefficient (Wildman–Crippen LogP) is 4.92. The molecule has 0 saturated heterocycles. The molecule has 30 heavy (non-hydrogen) atoms. The van der Waals surface area contributed by atoms with Crippen LogP contribution in [0.3, 0.4) is 0 Å². The number of benzene rings is 2. The second kappa shape index (κ2) is 7.53. The van der Waals surface area contributed by atoms with E-state index in [1.54, 1.807) is 24.6 Å². The van der Waals surface area contributed by atoms with E-state index in [4.69, 9.17) is 4.74 Å². The highest BCUT2D eigenvalue weighted by molar-refractivity contribution is 7.16. The monoisotopic (exact) mass is 415 g/mol. The summed E-state index contributed by atoms with van der Waals surface area (Å²) in [7, 11) is 1.77. The molecule has 0 spiro atoms. The number of nitrogens with zero attached hydrogens (tertiary/aromatic N) is 5. The lowest BCUT2D eigenvalue weighted by molar-refractivity contribution is 0.479.